The first-order valence-corrected chi connectivity index (χ1v) is 16.1. The number of alkyl carbamates (subject to hydrolysis) is 1. The Bertz CT molecular complexity index is 1420. The molecule has 0 radical (unpaired) electrons. The summed E-state index contributed by atoms with van der Waals surface area (Å²) in [7, 11) is -4.36. The van der Waals surface area contributed by atoms with Crippen molar-refractivity contribution < 1.29 is 36.7 Å². The standard InChI is InChI=1S/C30H39FN4O7S/c1-29(2,3)42-28(39)32-23-12-9-7-5-4-6-8-11-20-19-30(20,33-25(36)24-13-10-18-35(24)26(23)37)27(38)34-43(40,41)22-16-14-21(31)15-17-22/h6,11,14-17,20,23-24H,4-5,7,9-10,12-13,18-19H2,1-3H3,(H,32,39)(H,33,36)(H,34,38)/t8?,20-,23+,24+,30-/m1/s1. The first-order chi connectivity index (χ1) is 20.2. The quantitative estimate of drug-likeness (QED) is 0.439. The second-order valence-electron chi connectivity index (χ2n) is 12.2. The molecule has 2 aliphatic heterocycles. The molecule has 4 rings (SSSR count). The predicted molar refractivity (Wildman–Crippen MR) is 154 cm³/mol. The zero-order valence-electron chi connectivity index (χ0n) is 24.7. The minimum Gasteiger partial charge on any atom is -0.444 e. The van der Waals surface area contributed by atoms with Crippen molar-refractivity contribution in [1.82, 2.24) is 20.3 Å². The van der Waals surface area contributed by atoms with Crippen LogP contribution in [0.5, 0.6) is 0 Å². The van der Waals surface area contributed by atoms with E-state index in [4.69, 9.17) is 4.74 Å². The topological polar surface area (TPSA) is 151 Å². The van der Waals surface area contributed by atoms with E-state index in [1.807, 2.05) is 10.8 Å². The normalized spacial score (nSPS) is 26.6. The van der Waals surface area contributed by atoms with E-state index in [1.54, 1.807) is 26.8 Å². The van der Waals surface area contributed by atoms with Crippen molar-refractivity contribution in [2.45, 2.75) is 100 Å². The molecule has 4 amide bonds. The summed E-state index contributed by atoms with van der Waals surface area (Å²) in [6.07, 6.45) is 7.04. The number of carbonyl (C=O) groups excluding carboxylic acids is 4. The second-order valence-corrected chi connectivity index (χ2v) is 13.9. The molecule has 11 nitrogen and oxygen atoms in total. The van der Waals surface area contributed by atoms with Crippen LogP contribution < -0.4 is 15.4 Å². The van der Waals surface area contributed by atoms with Crippen molar-refractivity contribution in [3.63, 3.8) is 0 Å². The summed E-state index contributed by atoms with van der Waals surface area (Å²) in [6, 6.07) is 2.19. The molecule has 2 fully saturated rings. The SMILES string of the molecule is CC(C)(C)OC(=O)N[C@H]1CCCCCC=C=C[C@@H]2C[C@@]2(C(=O)NS(=O)(=O)c2ccc(F)cc2)NC(=O)[C@@H]2CCCN2C1=O. The molecule has 1 aliphatic carbocycles. The fraction of sp³-hybridized carbons (Fsp3) is 0.567. The Hall–Kier alpha value is -3.70. The number of carbonyl (C=O) groups is 4. The molecule has 4 atom stereocenters. The Labute approximate surface area is 251 Å². The van der Waals surface area contributed by atoms with Crippen LogP contribution in [0.3, 0.4) is 0 Å². The highest BCUT2D eigenvalue weighted by Crippen LogP contribution is 2.45. The molecule has 13 heteroatoms. The molecule has 43 heavy (non-hydrogen) atoms. The van der Waals surface area contributed by atoms with Gasteiger partial charge in [-0.25, -0.2) is 22.3 Å². The lowest BCUT2D eigenvalue weighted by Crippen LogP contribution is -2.58. The third kappa shape index (κ3) is 8.03. The molecule has 1 aromatic rings. The summed E-state index contributed by atoms with van der Waals surface area (Å²) in [5, 5.41) is 5.42. The largest absolute Gasteiger partial charge is 0.444 e. The number of halogens is 1. The third-order valence-corrected chi connectivity index (χ3v) is 9.05. The molecule has 1 aromatic carbocycles. The summed E-state index contributed by atoms with van der Waals surface area (Å²) >= 11 is 0. The van der Waals surface area contributed by atoms with Crippen LogP contribution in [0, 0.1) is 11.7 Å². The van der Waals surface area contributed by atoms with Crippen molar-refractivity contribution in [3.05, 3.63) is 48.0 Å². The van der Waals surface area contributed by atoms with Crippen LogP contribution in [-0.4, -0.2) is 66.9 Å². The van der Waals surface area contributed by atoms with Crippen LogP contribution in [0.15, 0.2) is 47.0 Å². The summed E-state index contributed by atoms with van der Waals surface area (Å²) < 4.78 is 46.6. The fourth-order valence-corrected chi connectivity index (χ4v) is 6.43. The number of sulfonamides is 1. The van der Waals surface area contributed by atoms with E-state index < -0.39 is 68.8 Å². The summed E-state index contributed by atoms with van der Waals surface area (Å²) in [5.41, 5.74) is 0.715. The molecule has 234 valence electrons. The Morgan fingerprint density at radius 3 is 2.51 bits per heavy atom. The lowest BCUT2D eigenvalue weighted by molar-refractivity contribution is -0.141. The molecule has 0 bridgehead atoms. The number of benzene rings is 1. The highest BCUT2D eigenvalue weighted by Gasteiger charge is 2.61. The van der Waals surface area contributed by atoms with E-state index in [-0.39, 0.29) is 17.9 Å². The maximum absolute atomic E-state index is 13.7. The molecule has 0 unspecified atom stereocenters. The van der Waals surface area contributed by atoms with Gasteiger partial charge in [0.1, 0.15) is 29.0 Å². The number of hydrogen-bond acceptors (Lipinski definition) is 7. The molecular weight excluding hydrogens is 579 g/mol. The minimum atomic E-state index is -4.36. The second kappa shape index (κ2) is 12.9. The molecule has 1 saturated carbocycles. The van der Waals surface area contributed by atoms with Crippen molar-refractivity contribution in [3.8, 4) is 0 Å². The first-order valence-electron chi connectivity index (χ1n) is 14.6. The van der Waals surface area contributed by atoms with Crippen molar-refractivity contribution in [1.29, 1.82) is 0 Å². The van der Waals surface area contributed by atoms with Crippen LogP contribution in [0.1, 0.15) is 72.1 Å². The molecule has 3 aliphatic rings. The van der Waals surface area contributed by atoms with Crippen molar-refractivity contribution in [2.24, 2.45) is 5.92 Å². The number of nitrogens with zero attached hydrogens (tertiary/aromatic N) is 1. The van der Waals surface area contributed by atoms with Gasteiger partial charge in [0.25, 0.3) is 15.9 Å². The van der Waals surface area contributed by atoms with Gasteiger partial charge < -0.3 is 20.3 Å². The Morgan fingerprint density at radius 2 is 1.81 bits per heavy atom. The zero-order chi connectivity index (χ0) is 31.4. The van der Waals surface area contributed by atoms with Crippen LogP contribution in [0.2, 0.25) is 0 Å². The van der Waals surface area contributed by atoms with Gasteiger partial charge in [-0.3, -0.25) is 14.4 Å². The van der Waals surface area contributed by atoms with Crippen LogP contribution in [0.25, 0.3) is 0 Å². The van der Waals surface area contributed by atoms with Gasteiger partial charge in [-0.2, -0.15) is 0 Å². The van der Waals surface area contributed by atoms with Gasteiger partial charge in [0, 0.05) is 12.5 Å². The molecule has 1 saturated heterocycles. The number of ether oxygens (including phenoxy) is 1. The lowest BCUT2D eigenvalue weighted by atomic mass is 10.0. The van der Waals surface area contributed by atoms with E-state index in [9.17, 15) is 32.0 Å². The Morgan fingerprint density at radius 1 is 1.09 bits per heavy atom. The number of fused-ring (bicyclic) bond motifs is 2. The minimum absolute atomic E-state index is 0.133. The smallest absolute Gasteiger partial charge is 0.408 e. The van der Waals surface area contributed by atoms with Gasteiger partial charge in [0.05, 0.1) is 4.90 Å². The number of rotatable bonds is 4. The van der Waals surface area contributed by atoms with Gasteiger partial charge in [-0.05, 0) is 95.7 Å². The van der Waals surface area contributed by atoms with E-state index in [1.165, 1.54) is 4.90 Å². The average Bonchev–Trinajstić information content (AvgIpc) is 3.37. The number of nitrogens with one attached hydrogen (secondary N) is 3. The molecule has 0 aromatic heterocycles. The first kappa shape index (κ1) is 32.2. The highest BCUT2D eigenvalue weighted by atomic mass is 32.2. The summed E-state index contributed by atoms with van der Waals surface area (Å²) in [6.45, 7) is 5.45. The van der Waals surface area contributed by atoms with Crippen molar-refractivity contribution >= 4 is 33.8 Å². The van der Waals surface area contributed by atoms with E-state index >= 15 is 0 Å². The monoisotopic (exact) mass is 618 g/mol. The Balaban J connectivity index is 1.58. The predicted octanol–water partition coefficient (Wildman–Crippen LogP) is 3.07. The molecule has 2 heterocycles. The van der Waals surface area contributed by atoms with Gasteiger partial charge >= 0.3 is 6.09 Å². The van der Waals surface area contributed by atoms with Gasteiger partial charge in [-0.1, -0.05) is 12.8 Å². The number of hydrogen-bond donors (Lipinski definition) is 3. The Kier molecular flexibility index (Phi) is 9.66. The van der Waals surface area contributed by atoms with Gasteiger partial charge in [0.15, 0.2) is 0 Å². The molecular formula is C30H39FN4O7S. The van der Waals surface area contributed by atoms with Crippen molar-refractivity contribution in [2.75, 3.05) is 6.54 Å². The lowest BCUT2D eigenvalue weighted by Gasteiger charge is -2.30. The van der Waals surface area contributed by atoms with E-state index in [0.717, 1.165) is 37.1 Å². The van der Waals surface area contributed by atoms with E-state index in [0.29, 0.717) is 32.1 Å². The number of amides is 4. The zero-order valence-corrected chi connectivity index (χ0v) is 25.5. The fourth-order valence-electron chi connectivity index (χ4n) is 5.39. The summed E-state index contributed by atoms with van der Waals surface area (Å²) in [4.78, 5) is 54.5. The van der Waals surface area contributed by atoms with Gasteiger partial charge in [0.2, 0.25) is 11.8 Å². The van der Waals surface area contributed by atoms with Crippen LogP contribution in [-0.2, 0) is 29.1 Å². The summed E-state index contributed by atoms with van der Waals surface area (Å²) in [5.74, 6) is -3.11. The van der Waals surface area contributed by atoms with Gasteiger partial charge in [-0.15, -0.1) is 5.73 Å². The maximum atomic E-state index is 13.7. The van der Waals surface area contributed by atoms with E-state index in [2.05, 4.69) is 16.4 Å². The average molecular weight is 619 g/mol. The molecule has 0 spiro atoms. The molecule has 3 N–H and O–H groups in total. The van der Waals surface area contributed by atoms with Crippen LogP contribution >= 0.6 is 0 Å². The third-order valence-electron chi connectivity index (χ3n) is 7.70. The van der Waals surface area contributed by atoms with Crippen LogP contribution in [0.4, 0.5) is 9.18 Å². The maximum Gasteiger partial charge on any atom is 0.408 e. The highest BCUT2D eigenvalue weighted by molar-refractivity contribution is 7.90.